The minimum absolute atomic E-state index is 0.0561. The van der Waals surface area contributed by atoms with E-state index in [0.29, 0.717) is 12.2 Å². The van der Waals surface area contributed by atoms with E-state index < -0.39 is 46.8 Å². The lowest BCUT2D eigenvalue weighted by Gasteiger charge is -2.23. The molecule has 1 atom stereocenters. The summed E-state index contributed by atoms with van der Waals surface area (Å²) in [5, 5.41) is 0. The second kappa shape index (κ2) is 7.61. The van der Waals surface area contributed by atoms with Crippen molar-refractivity contribution in [3.05, 3.63) is 30.1 Å². The molecule has 0 spiro atoms. The number of likely N-dealkylation sites (N-methyl/N-ethyl adjacent to an activating group) is 1. The molecule has 1 amide bonds. The average Bonchev–Trinajstić information content (AvgIpc) is 2.91. The van der Waals surface area contributed by atoms with E-state index in [1.165, 1.54) is 36.2 Å². The van der Waals surface area contributed by atoms with Gasteiger partial charge >= 0.3 is 5.97 Å². The van der Waals surface area contributed by atoms with Crippen LogP contribution in [0.2, 0.25) is 0 Å². The number of ether oxygens (including phenoxy) is 2. The molecule has 1 heterocycles. The van der Waals surface area contributed by atoms with E-state index in [4.69, 9.17) is 9.47 Å². The molecule has 0 aliphatic carbocycles. The maximum atomic E-state index is 12.7. The van der Waals surface area contributed by atoms with Gasteiger partial charge in [0.2, 0.25) is 0 Å². The van der Waals surface area contributed by atoms with Crippen LogP contribution < -0.4 is 4.74 Å². The van der Waals surface area contributed by atoms with Crippen LogP contribution in [0.3, 0.4) is 0 Å². The molecule has 1 aliphatic heterocycles. The molecule has 0 bridgehead atoms. The predicted octanol–water partition coefficient (Wildman–Crippen LogP) is 0.393. The Bertz CT molecular complexity index is 703. The molecule has 1 saturated heterocycles. The fourth-order valence-electron chi connectivity index (χ4n) is 2.24. The number of carbonyl (C=O) groups is 2. The lowest BCUT2D eigenvalue weighted by Crippen LogP contribution is -2.40. The standard InChI is InChI=1S/C15H18FNO6S/c1-17(12-6-7-24(20,21)10-12)14(18)8-23-15(19)9-22-13-4-2-11(16)3-5-13/h2-5,12H,6-10H2,1H3/t12-/m1/s1. The molecule has 1 aliphatic rings. The molecule has 24 heavy (non-hydrogen) atoms. The first-order valence-electron chi connectivity index (χ1n) is 7.27. The topological polar surface area (TPSA) is 90.0 Å². The SMILES string of the molecule is CN(C(=O)COC(=O)COc1ccc(F)cc1)[C@@H]1CCS(=O)(=O)C1. The number of halogens is 1. The van der Waals surface area contributed by atoms with Gasteiger partial charge in [-0.2, -0.15) is 0 Å². The van der Waals surface area contributed by atoms with Crippen molar-refractivity contribution in [3.63, 3.8) is 0 Å². The number of sulfone groups is 1. The summed E-state index contributed by atoms with van der Waals surface area (Å²) in [7, 11) is -1.61. The maximum Gasteiger partial charge on any atom is 0.344 e. The summed E-state index contributed by atoms with van der Waals surface area (Å²) in [5.74, 6) is -1.37. The number of rotatable bonds is 6. The van der Waals surface area contributed by atoms with Crippen LogP contribution in [0.25, 0.3) is 0 Å². The monoisotopic (exact) mass is 359 g/mol. The Hall–Kier alpha value is -2.16. The third-order valence-electron chi connectivity index (χ3n) is 3.68. The Morgan fingerprint density at radius 3 is 2.50 bits per heavy atom. The molecular weight excluding hydrogens is 341 g/mol. The Labute approximate surface area is 139 Å². The lowest BCUT2D eigenvalue weighted by molar-refractivity contribution is -0.153. The van der Waals surface area contributed by atoms with Crippen molar-refractivity contribution in [1.29, 1.82) is 0 Å². The molecule has 0 N–H and O–H groups in total. The summed E-state index contributed by atoms with van der Waals surface area (Å²) >= 11 is 0. The summed E-state index contributed by atoms with van der Waals surface area (Å²) in [6, 6.07) is 4.71. The maximum absolute atomic E-state index is 12.7. The Morgan fingerprint density at radius 1 is 1.25 bits per heavy atom. The zero-order valence-corrected chi connectivity index (χ0v) is 13.9. The van der Waals surface area contributed by atoms with Gasteiger partial charge in [-0.05, 0) is 30.7 Å². The largest absolute Gasteiger partial charge is 0.482 e. The minimum atomic E-state index is -3.10. The number of nitrogens with zero attached hydrogens (tertiary/aromatic N) is 1. The lowest BCUT2D eigenvalue weighted by atomic mass is 10.2. The second-order valence-corrected chi connectivity index (χ2v) is 7.69. The molecule has 9 heteroatoms. The molecule has 0 radical (unpaired) electrons. The predicted molar refractivity (Wildman–Crippen MR) is 82.7 cm³/mol. The van der Waals surface area contributed by atoms with Gasteiger partial charge in [-0.1, -0.05) is 0 Å². The molecule has 1 fully saturated rings. The van der Waals surface area contributed by atoms with Crippen molar-refractivity contribution >= 4 is 21.7 Å². The summed E-state index contributed by atoms with van der Waals surface area (Å²) in [4.78, 5) is 24.8. The first-order valence-corrected chi connectivity index (χ1v) is 9.09. The van der Waals surface area contributed by atoms with Gasteiger partial charge in [0.25, 0.3) is 5.91 Å². The molecule has 1 aromatic rings. The molecule has 0 aromatic heterocycles. The first-order chi connectivity index (χ1) is 11.3. The van der Waals surface area contributed by atoms with Gasteiger partial charge in [0.05, 0.1) is 11.5 Å². The van der Waals surface area contributed by atoms with Gasteiger partial charge in [-0.15, -0.1) is 0 Å². The number of hydrogen-bond donors (Lipinski definition) is 0. The summed E-state index contributed by atoms with van der Waals surface area (Å²) < 4.78 is 45.4. The highest BCUT2D eigenvalue weighted by Gasteiger charge is 2.32. The van der Waals surface area contributed by atoms with E-state index in [1.54, 1.807) is 0 Å². The average molecular weight is 359 g/mol. The van der Waals surface area contributed by atoms with Crippen LogP contribution in [0.4, 0.5) is 4.39 Å². The summed E-state index contributed by atoms with van der Waals surface area (Å²) in [6.45, 7) is -0.904. The van der Waals surface area contributed by atoms with Gasteiger partial charge in [0.1, 0.15) is 11.6 Å². The van der Waals surface area contributed by atoms with Crippen molar-refractivity contribution in [1.82, 2.24) is 4.90 Å². The zero-order valence-electron chi connectivity index (χ0n) is 13.1. The second-order valence-electron chi connectivity index (χ2n) is 5.46. The Balaban J connectivity index is 1.72. The van der Waals surface area contributed by atoms with Crippen molar-refractivity contribution < 1.29 is 31.9 Å². The van der Waals surface area contributed by atoms with Gasteiger partial charge < -0.3 is 14.4 Å². The Kier molecular flexibility index (Phi) is 5.76. The molecule has 0 unspecified atom stereocenters. The van der Waals surface area contributed by atoms with Crippen molar-refractivity contribution in [3.8, 4) is 5.75 Å². The number of amides is 1. The minimum Gasteiger partial charge on any atom is -0.482 e. The van der Waals surface area contributed by atoms with Crippen LogP contribution in [-0.4, -0.2) is 63.0 Å². The van der Waals surface area contributed by atoms with Crippen LogP contribution >= 0.6 is 0 Å². The van der Waals surface area contributed by atoms with Crippen LogP contribution in [0, 0.1) is 5.82 Å². The Morgan fingerprint density at radius 2 is 1.92 bits per heavy atom. The van der Waals surface area contributed by atoms with Crippen LogP contribution in [0.5, 0.6) is 5.75 Å². The van der Waals surface area contributed by atoms with Gasteiger partial charge in [-0.3, -0.25) is 4.79 Å². The molecule has 2 rings (SSSR count). The highest BCUT2D eigenvalue weighted by molar-refractivity contribution is 7.91. The quantitative estimate of drug-likeness (QED) is 0.683. The fourth-order valence-corrected chi connectivity index (χ4v) is 4.02. The highest BCUT2D eigenvalue weighted by atomic mass is 32.2. The third kappa shape index (κ3) is 5.19. The smallest absolute Gasteiger partial charge is 0.344 e. The van der Waals surface area contributed by atoms with Gasteiger partial charge in [0.15, 0.2) is 23.1 Å². The van der Waals surface area contributed by atoms with E-state index in [9.17, 15) is 22.4 Å². The fraction of sp³-hybridized carbons (Fsp3) is 0.467. The number of benzene rings is 1. The van der Waals surface area contributed by atoms with Crippen LogP contribution in [0.15, 0.2) is 24.3 Å². The zero-order chi connectivity index (χ0) is 17.7. The molecule has 0 saturated carbocycles. The van der Waals surface area contributed by atoms with Crippen molar-refractivity contribution in [2.45, 2.75) is 12.5 Å². The highest BCUT2D eigenvalue weighted by Crippen LogP contribution is 2.16. The summed E-state index contributed by atoms with van der Waals surface area (Å²) in [5.41, 5.74) is 0. The first kappa shape index (κ1) is 18.2. The third-order valence-corrected chi connectivity index (χ3v) is 5.43. The molecule has 7 nitrogen and oxygen atoms in total. The summed E-state index contributed by atoms with van der Waals surface area (Å²) in [6.07, 6.45) is 0.381. The van der Waals surface area contributed by atoms with E-state index in [1.807, 2.05) is 0 Å². The normalized spacial score (nSPS) is 18.8. The number of esters is 1. The van der Waals surface area contributed by atoms with E-state index in [0.717, 1.165) is 0 Å². The van der Waals surface area contributed by atoms with Gasteiger partial charge in [0, 0.05) is 13.1 Å². The van der Waals surface area contributed by atoms with Crippen LogP contribution in [-0.2, 0) is 24.2 Å². The molecular formula is C15H18FNO6S. The van der Waals surface area contributed by atoms with E-state index >= 15 is 0 Å². The van der Waals surface area contributed by atoms with Crippen molar-refractivity contribution in [2.24, 2.45) is 0 Å². The number of carbonyl (C=O) groups excluding carboxylic acids is 2. The van der Waals surface area contributed by atoms with E-state index in [2.05, 4.69) is 0 Å². The molecule has 1 aromatic carbocycles. The van der Waals surface area contributed by atoms with Crippen LogP contribution in [0.1, 0.15) is 6.42 Å². The van der Waals surface area contributed by atoms with Crippen molar-refractivity contribution in [2.75, 3.05) is 31.8 Å². The van der Waals surface area contributed by atoms with E-state index in [-0.39, 0.29) is 11.5 Å². The number of hydrogen-bond acceptors (Lipinski definition) is 6. The van der Waals surface area contributed by atoms with Gasteiger partial charge in [-0.25, -0.2) is 17.6 Å². The molecule has 132 valence electrons.